The van der Waals surface area contributed by atoms with Gasteiger partial charge in [-0.25, -0.2) is 0 Å². The Morgan fingerprint density at radius 1 is 1.08 bits per heavy atom. The van der Waals surface area contributed by atoms with Crippen molar-refractivity contribution in [1.82, 2.24) is 0 Å². The summed E-state index contributed by atoms with van der Waals surface area (Å²) in [6.45, 7) is 12.9. The van der Waals surface area contributed by atoms with Crippen LogP contribution in [0.25, 0.3) is 0 Å². The molecule has 0 aliphatic heterocycles. The van der Waals surface area contributed by atoms with E-state index in [1.807, 2.05) is 0 Å². The van der Waals surface area contributed by atoms with E-state index in [-0.39, 0.29) is 16.7 Å². The summed E-state index contributed by atoms with van der Waals surface area (Å²) in [5, 5.41) is 8.97. The van der Waals surface area contributed by atoms with Gasteiger partial charge in [-0.2, -0.15) is 5.26 Å². The first kappa shape index (κ1) is 11.5. The van der Waals surface area contributed by atoms with Gasteiger partial charge in [0.2, 0.25) is 0 Å². The first-order valence-corrected chi connectivity index (χ1v) is 4.56. The van der Waals surface area contributed by atoms with Crippen LogP contribution in [0, 0.1) is 28.1 Å². The quantitative estimate of drug-likeness (QED) is 0.585. The van der Waals surface area contributed by atoms with Gasteiger partial charge in [-0.3, -0.25) is 0 Å². The van der Waals surface area contributed by atoms with Crippen molar-refractivity contribution < 1.29 is 0 Å². The summed E-state index contributed by atoms with van der Waals surface area (Å²) in [5.41, 5.74) is 0.371. The topological polar surface area (TPSA) is 23.8 Å². The van der Waals surface area contributed by atoms with Gasteiger partial charge in [-0.1, -0.05) is 41.5 Å². The molecule has 0 bridgehead atoms. The van der Waals surface area contributed by atoms with Crippen LogP contribution in [-0.2, 0) is 0 Å². The molecule has 0 aromatic carbocycles. The number of hydrogen-bond acceptors (Lipinski definition) is 1. The molecule has 0 heterocycles. The summed E-state index contributed by atoms with van der Waals surface area (Å²) in [7, 11) is 0. The van der Waals surface area contributed by atoms with Crippen LogP contribution in [0.4, 0.5) is 0 Å². The second kappa shape index (κ2) is 3.47. The van der Waals surface area contributed by atoms with Gasteiger partial charge in [-0.15, -0.1) is 0 Å². The van der Waals surface area contributed by atoms with Crippen molar-refractivity contribution in [3.8, 4) is 6.07 Å². The maximum absolute atomic E-state index is 8.97. The molecule has 0 aromatic heterocycles. The van der Waals surface area contributed by atoms with E-state index in [2.05, 4.69) is 47.6 Å². The summed E-state index contributed by atoms with van der Waals surface area (Å²) < 4.78 is 0. The molecule has 0 rings (SSSR count). The second-order valence-corrected chi connectivity index (χ2v) is 5.81. The lowest BCUT2D eigenvalue weighted by molar-refractivity contribution is 0.213. The summed E-state index contributed by atoms with van der Waals surface area (Å²) in [4.78, 5) is 0. The average molecular weight is 167 g/mol. The number of rotatable bonds is 1. The molecular formula is C11H21N. The van der Waals surface area contributed by atoms with Crippen LogP contribution in [0.15, 0.2) is 0 Å². The van der Waals surface area contributed by atoms with Gasteiger partial charge in [-0.05, 0) is 17.3 Å². The van der Waals surface area contributed by atoms with Crippen molar-refractivity contribution in [1.29, 1.82) is 5.26 Å². The summed E-state index contributed by atoms with van der Waals surface area (Å²) >= 11 is 0. The van der Waals surface area contributed by atoms with Crippen molar-refractivity contribution in [3.63, 3.8) is 0 Å². The van der Waals surface area contributed by atoms with E-state index < -0.39 is 0 Å². The molecule has 0 unspecified atom stereocenters. The van der Waals surface area contributed by atoms with E-state index in [1.54, 1.807) is 0 Å². The maximum Gasteiger partial charge on any atom is 0.0661 e. The van der Waals surface area contributed by atoms with Crippen LogP contribution in [0.3, 0.4) is 0 Å². The minimum absolute atomic E-state index is 0.113. The molecular weight excluding hydrogens is 146 g/mol. The van der Waals surface area contributed by atoms with Crippen molar-refractivity contribution >= 4 is 0 Å². The molecule has 1 atom stereocenters. The van der Waals surface area contributed by atoms with Gasteiger partial charge < -0.3 is 0 Å². The summed E-state index contributed by atoms with van der Waals surface area (Å²) in [5.74, 6) is 0.164. The minimum Gasteiger partial charge on any atom is -0.198 e. The van der Waals surface area contributed by atoms with E-state index >= 15 is 0 Å². The Balaban J connectivity index is 4.33. The van der Waals surface area contributed by atoms with Gasteiger partial charge in [0.1, 0.15) is 0 Å². The predicted molar refractivity (Wildman–Crippen MR) is 52.6 cm³/mol. The lowest BCUT2D eigenvalue weighted by atomic mass is 9.73. The first-order valence-electron chi connectivity index (χ1n) is 4.56. The van der Waals surface area contributed by atoms with Crippen molar-refractivity contribution in [2.45, 2.75) is 48.0 Å². The zero-order valence-corrected chi connectivity index (χ0v) is 9.23. The molecule has 0 N–H and O–H groups in total. The molecule has 12 heavy (non-hydrogen) atoms. The molecule has 0 saturated heterocycles. The maximum atomic E-state index is 8.97. The Hall–Kier alpha value is -0.510. The van der Waals surface area contributed by atoms with Crippen LogP contribution < -0.4 is 0 Å². The molecule has 0 amide bonds. The van der Waals surface area contributed by atoms with E-state index in [9.17, 15) is 0 Å². The standard InChI is InChI=1S/C11H21N/c1-10(2,3)7-9(8-12)11(4,5)6/h9H,7H2,1-6H3/t9-/m0/s1. The molecule has 0 fully saturated rings. The Morgan fingerprint density at radius 2 is 1.50 bits per heavy atom. The smallest absolute Gasteiger partial charge is 0.0661 e. The largest absolute Gasteiger partial charge is 0.198 e. The van der Waals surface area contributed by atoms with Crippen LogP contribution >= 0.6 is 0 Å². The fourth-order valence-corrected chi connectivity index (χ4v) is 1.16. The van der Waals surface area contributed by atoms with Gasteiger partial charge in [0.25, 0.3) is 0 Å². The summed E-state index contributed by atoms with van der Waals surface area (Å²) in [6.07, 6.45) is 0.979. The normalized spacial score (nSPS) is 15.4. The van der Waals surface area contributed by atoms with Gasteiger partial charge in [0.15, 0.2) is 0 Å². The molecule has 70 valence electrons. The third-order valence-corrected chi connectivity index (χ3v) is 2.02. The Kier molecular flexibility index (Phi) is 3.33. The highest BCUT2D eigenvalue weighted by molar-refractivity contribution is 4.93. The summed E-state index contributed by atoms with van der Waals surface area (Å²) in [6, 6.07) is 2.40. The monoisotopic (exact) mass is 167 g/mol. The lowest BCUT2D eigenvalue weighted by Gasteiger charge is -2.30. The molecule has 0 saturated carbocycles. The van der Waals surface area contributed by atoms with Crippen LogP contribution in [0.2, 0.25) is 0 Å². The van der Waals surface area contributed by atoms with E-state index in [0.717, 1.165) is 6.42 Å². The molecule has 0 radical (unpaired) electrons. The first-order chi connectivity index (χ1) is 5.17. The Labute approximate surface area is 76.8 Å². The molecule has 1 heteroatoms. The molecule has 0 aliphatic rings. The lowest BCUT2D eigenvalue weighted by Crippen LogP contribution is -2.24. The number of nitrogens with zero attached hydrogens (tertiary/aromatic N) is 1. The van der Waals surface area contributed by atoms with Crippen LogP contribution in [0.5, 0.6) is 0 Å². The van der Waals surface area contributed by atoms with Crippen molar-refractivity contribution in [2.24, 2.45) is 16.7 Å². The van der Waals surface area contributed by atoms with Gasteiger partial charge in [0.05, 0.1) is 12.0 Å². The van der Waals surface area contributed by atoms with Gasteiger partial charge >= 0.3 is 0 Å². The molecule has 0 aromatic rings. The van der Waals surface area contributed by atoms with Gasteiger partial charge in [0, 0.05) is 0 Å². The third-order valence-electron chi connectivity index (χ3n) is 2.02. The van der Waals surface area contributed by atoms with Crippen molar-refractivity contribution in [2.75, 3.05) is 0 Å². The molecule has 0 spiro atoms. The van der Waals surface area contributed by atoms with Crippen molar-refractivity contribution in [3.05, 3.63) is 0 Å². The average Bonchev–Trinajstić information content (AvgIpc) is 1.78. The minimum atomic E-state index is 0.113. The Bertz CT molecular complexity index is 173. The number of hydrogen-bond donors (Lipinski definition) is 0. The highest BCUT2D eigenvalue weighted by Gasteiger charge is 2.28. The van der Waals surface area contributed by atoms with Crippen LogP contribution in [0.1, 0.15) is 48.0 Å². The highest BCUT2D eigenvalue weighted by atomic mass is 14.4. The fourth-order valence-electron chi connectivity index (χ4n) is 1.16. The fraction of sp³-hybridized carbons (Fsp3) is 0.909. The Morgan fingerprint density at radius 3 is 1.58 bits per heavy atom. The zero-order chi connectivity index (χ0) is 9.99. The molecule has 0 aliphatic carbocycles. The zero-order valence-electron chi connectivity index (χ0n) is 9.23. The van der Waals surface area contributed by atoms with E-state index in [4.69, 9.17) is 5.26 Å². The molecule has 1 nitrogen and oxygen atoms in total. The third kappa shape index (κ3) is 4.38. The van der Waals surface area contributed by atoms with E-state index in [0.29, 0.717) is 0 Å². The SMILES string of the molecule is CC(C)(C)C[C@@H](C#N)C(C)(C)C. The highest BCUT2D eigenvalue weighted by Crippen LogP contribution is 2.35. The van der Waals surface area contributed by atoms with E-state index in [1.165, 1.54) is 0 Å². The number of nitriles is 1. The second-order valence-electron chi connectivity index (χ2n) is 5.81. The van der Waals surface area contributed by atoms with Crippen LogP contribution in [-0.4, -0.2) is 0 Å². The predicted octanol–water partition coefficient (Wildman–Crippen LogP) is 3.61.